The van der Waals surface area contributed by atoms with Crippen LogP contribution >= 0.6 is 0 Å². The average molecular weight is 152 g/mol. The molecule has 0 unspecified atom stereocenters. The van der Waals surface area contributed by atoms with Crippen LogP contribution in [-0.4, -0.2) is 36.7 Å². The zero-order chi connectivity index (χ0) is 7.73. The predicted octanol–water partition coefficient (Wildman–Crippen LogP) is 0.375. The van der Waals surface area contributed by atoms with Crippen LogP contribution in [0.4, 0.5) is 0 Å². The van der Waals surface area contributed by atoms with Crippen molar-refractivity contribution in [3.05, 3.63) is 0 Å². The van der Waals surface area contributed by atoms with Crippen molar-refractivity contribution in [1.29, 1.82) is 5.26 Å². The summed E-state index contributed by atoms with van der Waals surface area (Å²) in [6.45, 7) is 3.15. The lowest BCUT2D eigenvalue weighted by Gasteiger charge is -2.33. The molecule has 3 heteroatoms. The number of rotatable bonds is 1. The first-order valence-electron chi connectivity index (χ1n) is 4.07. The molecular formula is C8H12N2O. The number of nitrogens with zero attached hydrogens (tertiary/aromatic N) is 2. The highest BCUT2D eigenvalue weighted by Gasteiger charge is 2.49. The third-order valence-electron chi connectivity index (χ3n) is 2.64. The van der Waals surface area contributed by atoms with Crippen molar-refractivity contribution in [1.82, 2.24) is 4.90 Å². The highest BCUT2D eigenvalue weighted by molar-refractivity contribution is 5.07. The molecule has 2 rings (SSSR count). The number of hydrogen-bond donors (Lipinski definition) is 0. The molecule has 1 saturated heterocycles. The van der Waals surface area contributed by atoms with Crippen molar-refractivity contribution in [3.8, 4) is 6.07 Å². The highest BCUT2D eigenvalue weighted by atomic mass is 16.5. The Morgan fingerprint density at radius 3 is 3.00 bits per heavy atom. The summed E-state index contributed by atoms with van der Waals surface area (Å²) in [5.74, 6) is 0. The van der Waals surface area contributed by atoms with E-state index in [4.69, 9.17) is 10.00 Å². The van der Waals surface area contributed by atoms with E-state index in [1.165, 1.54) is 12.8 Å². The second-order valence-corrected chi connectivity index (χ2v) is 3.36. The zero-order valence-corrected chi connectivity index (χ0v) is 6.55. The lowest BCUT2D eigenvalue weighted by atomic mass is 10.2. The van der Waals surface area contributed by atoms with E-state index in [0.717, 1.165) is 19.8 Å². The molecule has 2 aliphatic rings. The lowest BCUT2D eigenvalue weighted by molar-refractivity contribution is -0.0134. The molecule has 0 aromatic heterocycles. The molecule has 11 heavy (non-hydrogen) atoms. The third kappa shape index (κ3) is 1.13. The van der Waals surface area contributed by atoms with Crippen LogP contribution in [0.3, 0.4) is 0 Å². The van der Waals surface area contributed by atoms with Crippen molar-refractivity contribution in [2.45, 2.75) is 18.4 Å². The van der Waals surface area contributed by atoms with E-state index in [1.807, 2.05) is 0 Å². The maximum atomic E-state index is 8.55. The molecule has 0 atom stereocenters. The van der Waals surface area contributed by atoms with Gasteiger partial charge in [0.1, 0.15) is 0 Å². The molecule has 1 spiro atoms. The molecule has 0 bridgehead atoms. The van der Waals surface area contributed by atoms with E-state index in [2.05, 4.69) is 11.0 Å². The van der Waals surface area contributed by atoms with E-state index in [9.17, 15) is 0 Å². The third-order valence-corrected chi connectivity index (χ3v) is 2.64. The average Bonchev–Trinajstić information content (AvgIpc) is 2.77. The molecule has 1 heterocycles. The number of hydrogen-bond acceptors (Lipinski definition) is 3. The standard InChI is InChI=1S/C8H12N2O/c9-3-4-10-5-6-11-7-8(10)1-2-8/h1-2,4-7H2. The SMILES string of the molecule is N#CCN1CCOCC12CC2. The minimum atomic E-state index is 0.286. The summed E-state index contributed by atoms with van der Waals surface area (Å²) in [4.78, 5) is 2.26. The Morgan fingerprint density at radius 1 is 1.55 bits per heavy atom. The van der Waals surface area contributed by atoms with Crippen molar-refractivity contribution in [3.63, 3.8) is 0 Å². The molecule has 60 valence electrons. The summed E-state index contributed by atoms with van der Waals surface area (Å²) in [6.07, 6.45) is 2.43. The predicted molar refractivity (Wildman–Crippen MR) is 40.0 cm³/mol. The summed E-state index contributed by atoms with van der Waals surface area (Å²) < 4.78 is 5.37. The maximum absolute atomic E-state index is 8.55. The molecule has 2 fully saturated rings. The molecule has 0 N–H and O–H groups in total. The first-order valence-corrected chi connectivity index (χ1v) is 4.07. The van der Waals surface area contributed by atoms with Crippen molar-refractivity contribution >= 4 is 0 Å². The van der Waals surface area contributed by atoms with Gasteiger partial charge in [-0.1, -0.05) is 0 Å². The zero-order valence-electron chi connectivity index (χ0n) is 6.55. The van der Waals surface area contributed by atoms with Crippen LogP contribution in [0, 0.1) is 11.3 Å². The van der Waals surface area contributed by atoms with Crippen LogP contribution in [0.25, 0.3) is 0 Å². The van der Waals surface area contributed by atoms with Crippen molar-refractivity contribution in [2.24, 2.45) is 0 Å². The van der Waals surface area contributed by atoms with Crippen molar-refractivity contribution < 1.29 is 4.74 Å². The number of morpholine rings is 1. The first-order chi connectivity index (χ1) is 5.37. The van der Waals surface area contributed by atoms with Gasteiger partial charge in [0, 0.05) is 12.1 Å². The summed E-state index contributed by atoms with van der Waals surface area (Å²) >= 11 is 0. The van der Waals surface area contributed by atoms with E-state index in [0.29, 0.717) is 6.54 Å². The van der Waals surface area contributed by atoms with Crippen LogP contribution < -0.4 is 0 Å². The number of ether oxygens (including phenoxy) is 1. The topological polar surface area (TPSA) is 36.3 Å². The summed E-state index contributed by atoms with van der Waals surface area (Å²) in [5.41, 5.74) is 0.286. The Balaban J connectivity index is 2.00. The van der Waals surface area contributed by atoms with Crippen LogP contribution in [0.1, 0.15) is 12.8 Å². The lowest BCUT2D eigenvalue weighted by Crippen LogP contribution is -2.47. The van der Waals surface area contributed by atoms with Gasteiger partial charge < -0.3 is 4.74 Å². The smallest absolute Gasteiger partial charge is 0.0872 e. The summed E-state index contributed by atoms with van der Waals surface area (Å²) in [5, 5.41) is 8.55. The molecule has 0 aromatic carbocycles. The highest BCUT2D eigenvalue weighted by Crippen LogP contribution is 2.43. The Hall–Kier alpha value is -0.590. The van der Waals surface area contributed by atoms with Gasteiger partial charge >= 0.3 is 0 Å². The van der Waals surface area contributed by atoms with Gasteiger partial charge in [-0.3, -0.25) is 4.90 Å². The van der Waals surface area contributed by atoms with Gasteiger partial charge in [-0.15, -0.1) is 0 Å². The second kappa shape index (κ2) is 2.47. The van der Waals surface area contributed by atoms with E-state index >= 15 is 0 Å². The molecule has 0 amide bonds. The molecule has 1 saturated carbocycles. The fourth-order valence-electron chi connectivity index (χ4n) is 1.70. The van der Waals surface area contributed by atoms with Gasteiger partial charge in [0.2, 0.25) is 0 Å². The number of nitriles is 1. The van der Waals surface area contributed by atoms with Crippen molar-refractivity contribution in [2.75, 3.05) is 26.3 Å². The fourth-order valence-corrected chi connectivity index (χ4v) is 1.70. The van der Waals surface area contributed by atoms with E-state index in [-0.39, 0.29) is 5.54 Å². The monoisotopic (exact) mass is 152 g/mol. The minimum absolute atomic E-state index is 0.286. The normalized spacial score (nSPS) is 28.3. The molecule has 1 aliphatic carbocycles. The van der Waals surface area contributed by atoms with Gasteiger partial charge in [0.25, 0.3) is 0 Å². The maximum Gasteiger partial charge on any atom is 0.0872 e. The van der Waals surface area contributed by atoms with Gasteiger partial charge in [-0.2, -0.15) is 5.26 Å². The minimum Gasteiger partial charge on any atom is -0.378 e. The van der Waals surface area contributed by atoms with Crippen LogP contribution in [0.5, 0.6) is 0 Å². The van der Waals surface area contributed by atoms with Gasteiger partial charge in [0.05, 0.1) is 25.8 Å². The molecule has 1 aliphatic heterocycles. The summed E-state index contributed by atoms with van der Waals surface area (Å²) in [7, 11) is 0. The molecule has 0 radical (unpaired) electrons. The fraction of sp³-hybridized carbons (Fsp3) is 0.875. The Morgan fingerprint density at radius 2 is 2.36 bits per heavy atom. The Kier molecular flexibility index (Phi) is 1.59. The van der Waals surface area contributed by atoms with Crippen LogP contribution in [-0.2, 0) is 4.74 Å². The van der Waals surface area contributed by atoms with Gasteiger partial charge in [0.15, 0.2) is 0 Å². The second-order valence-electron chi connectivity index (χ2n) is 3.36. The first kappa shape index (κ1) is 7.08. The molecular weight excluding hydrogens is 140 g/mol. The Bertz CT molecular complexity index is 193. The van der Waals surface area contributed by atoms with Gasteiger partial charge in [-0.05, 0) is 12.8 Å². The van der Waals surface area contributed by atoms with Crippen LogP contribution in [0.15, 0.2) is 0 Å². The van der Waals surface area contributed by atoms with Gasteiger partial charge in [-0.25, -0.2) is 0 Å². The molecule has 0 aromatic rings. The molecule has 3 nitrogen and oxygen atoms in total. The van der Waals surface area contributed by atoms with E-state index < -0.39 is 0 Å². The quantitative estimate of drug-likeness (QED) is 0.509. The largest absolute Gasteiger partial charge is 0.378 e. The Labute approximate surface area is 66.5 Å². The summed E-state index contributed by atoms with van der Waals surface area (Å²) in [6, 6.07) is 2.20. The van der Waals surface area contributed by atoms with E-state index in [1.54, 1.807) is 0 Å². The van der Waals surface area contributed by atoms with Crippen LogP contribution in [0.2, 0.25) is 0 Å².